The molecule has 0 bridgehead atoms. The van der Waals surface area contributed by atoms with Crippen molar-refractivity contribution in [3.63, 3.8) is 0 Å². The number of para-hydroxylation sites is 4. The molecule has 0 saturated carbocycles. The fraction of sp³-hybridized carbons (Fsp3) is 0.0714. The molecule has 0 saturated heterocycles. The van der Waals surface area contributed by atoms with Gasteiger partial charge >= 0.3 is 5.91 Å². The number of hydrogen-bond donors (Lipinski definition) is 0. The topological polar surface area (TPSA) is 33.8 Å². The fourth-order valence-electron chi connectivity index (χ4n) is 2.09. The predicted molar refractivity (Wildman–Crippen MR) is 65.7 cm³/mol. The Hall–Kier alpha value is -2.29. The van der Waals surface area contributed by atoms with Gasteiger partial charge in [-0.15, -0.1) is 4.57 Å². The van der Waals surface area contributed by atoms with Crippen molar-refractivity contribution < 1.29 is 9.36 Å². The van der Waals surface area contributed by atoms with Crippen LogP contribution >= 0.6 is 0 Å². The summed E-state index contributed by atoms with van der Waals surface area (Å²) in [6, 6.07) is 15.3. The summed E-state index contributed by atoms with van der Waals surface area (Å²) in [5.74, 6) is -0.000185. The van der Waals surface area contributed by atoms with Crippen LogP contribution in [0, 0.1) is 0 Å². The molecule has 0 fully saturated rings. The molecule has 82 valence electrons. The van der Waals surface area contributed by atoms with E-state index in [0.717, 1.165) is 22.1 Å². The molecule has 1 aromatic heterocycles. The maximum Gasteiger partial charge on any atom is 0.390 e. The number of carbonyl (C=O) groups is 1. The van der Waals surface area contributed by atoms with E-state index in [0.29, 0.717) is 0 Å². The van der Waals surface area contributed by atoms with Crippen LogP contribution in [0.3, 0.4) is 0 Å². The maximum absolute atomic E-state index is 11.8. The number of rotatable bonds is 0. The van der Waals surface area contributed by atoms with Gasteiger partial charge in [-0.1, -0.05) is 24.3 Å². The molecule has 0 N–H and O–H groups in total. The summed E-state index contributed by atoms with van der Waals surface area (Å²) in [7, 11) is 0. The smallest absolute Gasteiger partial charge is 0.235 e. The number of nitrogens with zero attached hydrogens (tertiary/aromatic N) is 2. The molecule has 0 aliphatic carbocycles. The fourth-order valence-corrected chi connectivity index (χ4v) is 2.09. The normalized spacial score (nSPS) is 10.9. The van der Waals surface area contributed by atoms with Gasteiger partial charge in [0.2, 0.25) is 11.0 Å². The van der Waals surface area contributed by atoms with Gasteiger partial charge in [0.15, 0.2) is 0 Å². The van der Waals surface area contributed by atoms with Gasteiger partial charge in [0, 0.05) is 12.1 Å². The van der Waals surface area contributed by atoms with Crippen LogP contribution in [0.4, 0.5) is 0 Å². The monoisotopic (exact) mass is 223 g/mol. The Morgan fingerprint density at radius 2 is 1.41 bits per heavy atom. The summed E-state index contributed by atoms with van der Waals surface area (Å²) in [6.07, 6.45) is 0. The second-order valence-corrected chi connectivity index (χ2v) is 3.94. The molecule has 0 amide bonds. The highest BCUT2D eigenvalue weighted by Crippen LogP contribution is 2.13. The van der Waals surface area contributed by atoms with E-state index in [-0.39, 0.29) is 5.91 Å². The highest BCUT2D eigenvalue weighted by Gasteiger charge is 2.19. The van der Waals surface area contributed by atoms with Gasteiger partial charge in [-0.25, -0.2) is 9.78 Å². The Balaban J connectivity index is 2.61. The van der Waals surface area contributed by atoms with Crippen LogP contribution < -0.4 is 4.57 Å². The maximum atomic E-state index is 11.8. The number of hydrogen-bond acceptors (Lipinski definition) is 2. The summed E-state index contributed by atoms with van der Waals surface area (Å²) in [4.78, 5) is 16.4. The van der Waals surface area contributed by atoms with Gasteiger partial charge in [0.05, 0.1) is 6.92 Å². The van der Waals surface area contributed by atoms with Gasteiger partial charge in [-0.05, 0) is 12.1 Å². The van der Waals surface area contributed by atoms with Crippen molar-refractivity contribution in [2.45, 2.75) is 6.92 Å². The van der Waals surface area contributed by atoms with E-state index < -0.39 is 0 Å². The van der Waals surface area contributed by atoms with Gasteiger partial charge in [-0.2, -0.15) is 0 Å². The van der Waals surface area contributed by atoms with Crippen molar-refractivity contribution in [2.75, 3.05) is 0 Å². The molecule has 3 heteroatoms. The van der Waals surface area contributed by atoms with Crippen molar-refractivity contribution in [3.8, 4) is 0 Å². The average molecular weight is 223 g/mol. The number of aromatic nitrogens is 2. The third-order valence-corrected chi connectivity index (χ3v) is 2.80. The summed E-state index contributed by atoms with van der Waals surface area (Å²) in [6.45, 7) is 1.57. The van der Waals surface area contributed by atoms with E-state index in [1.54, 1.807) is 11.5 Å². The van der Waals surface area contributed by atoms with Crippen molar-refractivity contribution in [2.24, 2.45) is 0 Å². The Bertz CT molecular complexity index is 680. The highest BCUT2D eigenvalue weighted by molar-refractivity contribution is 5.86. The molecule has 0 aliphatic rings. The van der Waals surface area contributed by atoms with E-state index in [9.17, 15) is 4.79 Å². The van der Waals surface area contributed by atoms with Crippen LogP contribution in [-0.2, 0) is 0 Å². The van der Waals surface area contributed by atoms with Crippen molar-refractivity contribution in [1.29, 1.82) is 0 Å². The molecule has 0 unspecified atom stereocenters. The van der Waals surface area contributed by atoms with Crippen molar-refractivity contribution in [3.05, 3.63) is 48.5 Å². The average Bonchev–Trinajstić information content (AvgIpc) is 2.35. The van der Waals surface area contributed by atoms with Crippen LogP contribution in [0.1, 0.15) is 11.7 Å². The molecule has 0 spiro atoms. The van der Waals surface area contributed by atoms with E-state index in [1.807, 2.05) is 48.5 Å². The van der Waals surface area contributed by atoms with E-state index >= 15 is 0 Å². The lowest BCUT2D eigenvalue weighted by atomic mass is 10.2. The lowest BCUT2D eigenvalue weighted by Gasteiger charge is -2.00. The molecule has 0 aliphatic heterocycles. The SMILES string of the molecule is CC(=O)[n+]1c2ccccc2nc2ccccc21. The molecule has 17 heavy (non-hydrogen) atoms. The minimum Gasteiger partial charge on any atom is -0.235 e. The quantitative estimate of drug-likeness (QED) is 0.433. The van der Waals surface area contributed by atoms with Crippen LogP contribution in [0.2, 0.25) is 0 Å². The van der Waals surface area contributed by atoms with E-state index in [2.05, 4.69) is 4.98 Å². The largest absolute Gasteiger partial charge is 0.390 e. The third kappa shape index (κ3) is 1.47. The van der Waals surface area contributed by atoms with E-state index in [4.69, 9.17) is 0 Å². The van der Waals surface area contributed by atoms with Crippen LogP contribution in [0.5, 0.6) is 0 Å². The standard InChI is InChI=1S/C14H11N2O/c1-10(17)16-13-8-4-2-6-11(13)15-12-7-3-5-9-14(12)16/h2-9H,1H3/q+1. The molecule has 0 radical (unpaired) electrons. The van der Waals surface area contributed by atoms with Gasteiger partial charge in [0.25, 0.3) is 0 Å². The first-order valence-electron chi connectivity index (χ1n) is 5.48. The number of fused-ring (bicyclic) bond motifs is 2. The second kappa shape index (κ2) is 3.63. The Labute approximate surface area is 98.3 Å². The zero-order chi connectivity index (χ0) is 11.8. The molecular weight excluding hydrogens is 212 g/mol. The third-order valence-electron chi connectivity index (χ3n) is 2.80. The van der Waals surface area contributed by atoms with Crippen LogP contribution in [0.15, 0.2) is 48.5 Å². The summed E-state index contributed by atoms with van der Waals surface area (Å²) >= 11 is 0. The Morgan fingerprint density at radius 1 is 0.941 bits per heavy atom. The summed E-state index contributed by atoms with van der Waals surface area (Å²) < 4.78 is 1.71. The first kappa shape index (κ1) is 9.90. The predicted octanol–water partition coefficient (Wildman–Crippen LogP) is 2.34. The molecular formula is C14H11N2O+. The molecule has 3 rings (SSSR count). The molecule has 1 heterocycles. The molecule has 3 aromatic rings. The minimum absolute atomic E-state index is 0.000185. The van der Waals surface area contributed by atoms with Gasteiger partial charge in [0.1, 0.15) is 11.0 Å². The van der Waals surface area contributed by atoms with E-state index in [1.165, 1.54) is 0 Å². The van der Waals surface area contributed by atoms with Crippen molar-refractivity contribution in [1.82, 2.24) is 4.98 Å². The lowest BCUT2D eigenvalue weighted by Crippen LogP contribution is -2.42. The minimum atomic E-state index is -0.000185. The van der Waals surface area contributed by atoms with Crippen LogP contribution in [-0.4, -0.2) is 10.9 Å². The Kier molecular flexibility index (Phi) is 2.11. The molecule has 2 aromatic carbocycles. The van der Waals surface area contributed by atoms with Gasteiger partial charge < -0.3 is 0 Å². The summed E-state index contributed by atoms with van der Waals surface area (Å²) in [5.41, 5.74) is 3.36. The lowest BCUT2D eigenvalue weighted by molar-refractivity contribution is -0.516. The zero-order valence-corrected chi connectivity index (χ0v) is 9.42. The van der Waals surface area contributed by atoms with Gasteiger partial charge in [-0.3, -0.25) is 0 Å². The number of carbonyl (C=O) groups excluding carboxylic acids is 1. The number of benzene rings is 2. The summed E-state index contributed by atoms with van der Waals surface area (Å²) in [5, 5.41) is 0. The first-order valence-corrected chi connectivity index (χ1v) is 5.48. The highest BCUT2D eigenvalue weighted by atomic mass is 16.1. The van der Waals surface area contributed by atoms with Crippen LogP contribution in [0.25, 0.3) is 22.1 Å². The van der Waals surface area contributed by atoms with Crippen molar-refractivity contribution >= 4 is 28.0 Å². The molecule has 0 atom stereocenters. The zero-order valence-electron chi connectivity index (χ0n) is 9.42. The first-order chi connectivity index (χ1) is 8.27. The Morgan fingerprint density at radius 3 is 1.88 bits per heavy atom. The molecule has 3 nitrogen and oxygen atoms in total. The second-order valence-electron chi connectivity index (χ2n) is 3.94.